The van der Waals surface area contributed by atoms with Gasteiger partial charge in [-0.1, -0.05) is 0 Å². The molecule has 4 N–H and O–H groups in total. The van der Waals surface area contributed by atoms with Crippen molar-refractivity contribution in [2.75, 3.05) is 0 Å². The summed E-state index contributed by atoms with van der Waals surface area (Å²) in [6.45, 7) is 7.33. The van der Waals surface area contributed by atoms with E-state index in [0.29, 0.717) is 0 Å². The number of phenols is 4. The molecule has 5 atom stereocenters. The fraction of sp³-hybridized carbons (Fsp3) is 0.469. The van der Waals surface area contributed by atoms with Gasteiger partial charge in [0.2, 0.25) is 0 Å². The van der Waals surface area contributed by atoms with Gasteiger partial charge in [0.05, 0.1) is 19.3 Å². The SMILES string of the molecule is CC1CC(=O)OC(C)Cc2cc(O)cc(O)c2C(=O)OC(C)CC(=O)OC(C)Cc2cc(O)cc(O)c2C(=O)OC(C)CC(=O)O1. The highest BCUT2D eigenvalue weighted by Gasteiger charge is 2.28. The van der Waals surface area contributed by atoms with E-state index in [9.17, 15) is 44.4 Å². The second-order valence-electron chi connectivity index (χ2n) is 11.4. The van der Waals surface area contributed by atoms with E-state index in [1.54, 1.807) is 0 Å². The Hall–Kier alpha value is -5.01. The van der Waals surface area contributed by atoms with E-state index < -0.39 is 78.3 Å². The van der Waals surface area contributed by atoms with Gasteiger partial charge in [0.15, 0.2) is 0 Å². The molecule has 46 heavy (non-hydrogen) atoms. The first-order chi connectivity index (χ1) is 21.5. The summed E-state index contributed by atoms with van der Waals surface area (Å²) < 4.78 is 26.7. The third-order valence-corrected chi connectivity index (χ3v) is 6.77. The molecule has 14 heteroatoms. The minimum Gasteiger partial charge on any atom is -0.508 e. The van der Waals surface area contributed by atoms with Gasteiger partial charge in [-0.3, -0.25) is 14.4 Å². The van der Waals surface area contributed by atoms with E-state index in [-0.39, 0.29) is 59.4 Å². The Morgan fingerprint density at radius 1 is 0.457 bits per heavy atom. The zero-order valence-electron chi connectivity index (χ0n) is 26.1. The lowest BCUT2D eigenvalue weighted by Gasteiger charge is -2.21. The molecule has 0 amide bonds. The van der Waals surface area contributed by atoms with Gasteiger partial charge in [-0.25, -0.2) is 9.59 Å². The topological polar surface area (TPSA) is 212 Å². The fourth-order valence-electron chi connectivity index (χ4n) is 4.96. The molecule has 0 radical (unpaired) electrons. The van der Waals surface area contributed by atoms with E-state index in [1.165, 1.54) is 46.8 Å². The summed E-state index contributed by atoms with van der Waals surface area (Å²) in [6.07, 6.45) is -6.09. The number of rotatable bonds is 0. The molecule has 2 aromatic carbocycles. The number of esters is 5. The van der Waals surface area contributed by atoms with Crippen LogP contribution in [-0.2, 0) is 50.9 Å². The molecular weight excluding hydrogens is 608 g/mol. The van der Waals surface area contributed by atoms with Gasteiger partial charge in [0, 0.05) is 25.0 Å². The summed E-state index contributed by atoms with van der Waals surface area (Å²) in [4.78, 5) is 63.8. The van der Waals surface area contributed by atoms with Crippen molar-refractivity contribution in [3.8, 4) is 23.0 Å². The first kappa shape index (κ1) is 35.5. The lowest BCUT2D eigenvalue weighted by Crippen LogP contribution is -2.27. The summed E-state index contributed by atoms with van der Waals surface area (Å²) in [7, 11) is 0. The predicted octanol–water partition coefficient (Wildman–Crippen LogP) is 3.36. The van der Waals surface area contributed by atoms with Crippen LogP contribution in [0.1, 0.15) is 85.7 Å². The van der Waals surface area contributed by atoms with Crippen molar-refractivity contribution in [3.05, 3.63) is 46.5 Å². The number of benzene rings is 2. The van der Waals surface area contributed by atoms with Crippen molar-refractivity contribution >= 4 is 29.8 Å². The van der Waals surface area contributed by atoms with Crippen LogP contribution >= 0.6 is 0 Å². The van der Waals surface area contributed by atoms with Crippen LogP contribution in [0.2, 0.25) is 0 Å². The van der Waals surface area contributed by atoms with Gasteiger partial charge in [-0.15, -0.1) is 0 Å². The quantitative estimate of drug-likeness (QED) is 0.239. The normalized spacial score (nSPS) is 24.5. The van der Waals surface area contributed by atoms with Crippen LogP contribution in [-0.4, -0.2) is 80.8 Å². The summed E-state index contributed by atoms with van der Waals surface area (Å²) in [6, 6.07) is 4.26. The number of hydrogen-bond donors (Lipinski definition) is 4. The maximum absolute atomic E-state index is 13.1. The Morgan fingerprint density at radius 2 is 0.739 bits per heavy atom. The fourth-order valence-corrected chi connectivity index (χ4v) is 4.96. The van der Waals surface area contributed by atoms with Crippen molar-refractivity contribution < 1.29 is 68.1 Å². The number of cyclic esters (lactones) is 5. The monoisotopic (exact) mass is 646 g/mol. The van der Waals surface area contributed by atoms with Crippen molar-refractivity contribution in [3.63, 3.8) is 0 Å². The maximum Gasteiger partial charge on any atom is 0.342 e. The van der Waals surface area contributed by atoms with Gasteiger partial charge in [0.1, 0.15) is 64.6 Å². The first-order valence-electron chi connectivity index (χ1n) is 14.6. The van der Waals surface area contributed by atoms with Crippen LogP contribution in [0.5, 0.6) is 23.0 Å². The lowest BCUT2D eigenvalue weighted by molar-refractivity contribution is -0.157. The van der Waals surface area contributed by atoms with Crippen LogP contribution in [0.3, 0.4) is 0 Å². The van der Waals surface area contributed by atoms with E-state index in [1.807, 2.05) is 0 Å². The summed E-state index contributed by atoms with van der Waals surface area (Å²) in [5, 5.41) is 41.0. The summed E-state index contributed by atoms with van der Waals surface area (Å²) in [5.74, 6) is -6.26. The molecule has 14 nitrogen and oxygen atoms in total. The van der Waals surface area contributed by atoms with Crippen molar-refractivity contribution in [1.29, 1.82) is 0 Å². The molecule has 1 heterocycles. The summed E-state index contributed by atoms with van der Waals surface area (Å²) in [5.41, 5.74) is -0.423. The lowest BCUT2D eigenvalue weighted by atomic mass is 10.00. The molecule has 0 spiro atoms. The van der Waals surface area contributed by atoms with E-state index >= 15 is 0 Å². The van der Waals surface area contributed by atoms with Gasteiger partial charge >= 0.3 is 29.8 Å². The minimum atomic E-state index is -1.03. The minimum absolute atomic E-state index is 0.0863. The Morgan fingerprint density at radius 3 is 1.07 bits per heavy atom. The number of aromatic hydroxyl groups is 4. The van der Waals surface area contributed by atoms with Crippen LogP contribution in [0, 0.1) is 0 Å². The van der Waals surface area contributed by atoms with Crippen LogP contribution in [0.4, 0.5) is 0 Å². The second-order valence-corrected chi connectivity index (χ2v) is 11.4. The molecule has 250 valence electrons. The Balaban J connectivity index is 1.90. The Labute approximate surface area is 264 Å². The molecule has 1 aliphatic heterocycles. The largest absolute Gasteiger partial charge is 0.508 e. The average Bonchev–Trinajstić information content (AvgIpc) is 2.86. The highest BCUT2D eigenvalue weighted by Crippen LogP contribution is 2.31. The molecule has 5 unspecified atom stereocenters. The van der Waals surface area contributed by atoms with E-state index in [4.69, 9.17) is 23.7 Å². The van der Waals surface area contributed by atoms with Crippen molar-refractivity contribution in [1.82, 2.24) is 0 Å². The third-order valence-electron chi connectivity index (χ3n) is 6.77. The molecule has 1 aliphatic rings. The smallest absolute Gasteiger partial charge is 0.342 e. The zero-order chi connectivity index (χ0) is 34.3. The van der Waals surface area contributed by atoms with Crippen LogP contribution in [0.25, 0.3) is 0 Å². The number of phenolic OH excluding ortho intramolecular Hbond substituents is 4. The van der Waals surface area contributed by atoms with E-state index in [2.05, 4.69) is 0 Å². The van der Waals surface area contributed by atoms with Gasteiger partial charge < -0.3 is 44.1 Å². The molecule has 3 rings (SSSR count). The first-order valence-corrected chi connectivity index (χ1v) is 14.6. The number of carbonyl (C=O) groups excluding carboxylic acids is 5. The van der Waals surface area contributed by atoms with E-state index in [0.717, 1.165) is 12.1 Å². The molecule has 0 aromatic heterocycles. The predicted molar refractivity (Wildman–Crippen MR) is 157 cm³/mol. The Kier molecular flexibility index (Phi) is 11.8. The number of carbonyl (C=O) groups is 5. The van der Waals surface area contributed by atoms with Gasteiger partial charge in [0.25, 0.3) is 0 Å². The number of ether oxygens (including phenoxy) is 5. The summed E-state index contributed by atoms with van der Waals surface area (Å²) >= 11 is 0. The van der Waals surface area contributed by atoms with Crippen LogP contribution in [0.15, 0.2) is 24.3 Å². The number of fused-ring (bicyclic) bond motifs is 2. The van der Waals surface area contributed by atoms with Crippen molar-refractivity contribution in [2.24, 2.45) is 0 Å². The molecule has 0 saturated carbocycles. The average molecular weight is 647 g/mol. The molecule has 2 aromatic rings. The Bertz CT molecular complexity index is 1480. The third kappa shape index (κ3) is 10.0. The van der Waals surface area contributed by atoms with Gasteiger partial charge in [-0.2, -0.15) is 0 Å². The maximum atomic E-state index is 13.1. The molecule has 0 fully saturated rings. The van der Waals surface area contributed by atoms with Gasteiger partial charge in [-0.05, 0) is 57.9 Å². The van der Waals surface area contributed by atoms with Crippen molar-refractivity contribution in [2.45, 2.75) is 97.2 Å². The second kappa shape index (κ2) is 15.3. The standard InChI is InChI=1S/C32H38O14/c1-15-6-20-11-22(33)13-24(35)29(20)31(40)45-18(4)9-27(38)43-16(2)7-21-12-23(34)14-25(36)30(21)32(41)46-19(5)10-28(39)44-17(3)8-26(37)42-15/h11-19,33-36H,6-10H2,1-5H3. The molecule has 0 saturated heterocycles. The molecular formula is C32H38O14. The highest BCUT2D eigenvalue weighted by molar-refractivity contribution is 5.95. The molecule has 0 bridgehead atoms. The number of hydrogen-bond acceptors (Lipinski definition) is 14. The highest BCUT2D eigenvalue weighted by atomic mass is 16.6. The van der Waals surface area contributed by atoms with Crippen LogP contribution < -0.4 is 0 Å². The zero-order valence-corrected chi connectivity index (χ0v) is 26.1. The molecule has 0 aliphatic carbocycles.